The van der Waals surface area contributed by atoms with Gasteiger partial charge in [0.2, 0.25) is 0 Å². The summed E-state index contributed by atoms with van der Waals surface area (Å²) in [6.45, 7) is 0.393. The summed E-state index contributed by atoms with van der Waals surface area (Å²) < 4.78 is 3.92. The highest BCUT2D eigenvalue weighted by atomic mass is 79.9. The van der Waals surface area contributed by atoms with Gasteiger partial charge in [-0.15, -0.1) is 0 Å². The number of halogens is 1. The Morgan fingerprint density at radius 3 is 2.95 bits per heavy atom. The van der Waals surface area contributed by atoms with E-state index in [9.17, 15) is 4.79 Å². The van der Waals surface area contributed by atoms with Crippen LogP contribution in [0.4, 0.5) is 5.69 Å². The summed E-state index contributed by atoms with van der Waals surface area (Å²) in [5.41, 5.74) is 7.83. The van der Waals surface area contributed by atoms with Crippen molar-refractivity contribution in [1.29, 1.82) is 0 Å². The van der Waals surface area contributed by atoms with Gasteiger partial charge in [-0.05, 0) is 34.1 Å². The average molecular weight is 319 g/mol. The van der Waals surface area contributed by atoms with Gasteiger partial charge in [0.15, 0.2) is 0 Å². The summed E-state index contributed by atoms with van der Waals surface area (Å²) in [5.74, 6) is 0. The van der Waals surface area contributed by atoms with Crippen molar-refractivity contribution in [2.24, 2.45) is 0 Å². The number of imidazole rings is 1. The first-order chi connectivity index (χ1) is 9.13. The Balaban J connectivity index is 2.03. The van der Waals surface area contributed by atoms with Crippen molar-refractivity contribution in [2.75, 3.05) is 5.73 Å². The second kappa shape index (κ2) is 4.55. The van der Waals surface area contributed by atoms with Gasteiger partial charge >= 0.3 is 0 Å². The molecule has 0 unspecified atom stereocenters. The fourth-order valence-electron chi connectivity index (χ4n) is 1.98. The molecule has 0 aliphatic heterocycles. The standard InChI is InChI=1S/C13H11BrN4O/c14-11-5-9(15)6-18(13(11)19)8-10-7-17-4-2-1-3-12(17)16-10/h1-7H,8,15H2. The van der Waals surface area contributed by atoms with E-state index in [1.54, 1.807) is 16.8 Å². The van der Waals surface area contributed by atoms with Crippen LogP contribution in [0.25, 0.3) is 5.65 Å². The van der Waals surface area contributed by atoms with Crippen molar-refractivity contribution in [2.45, 2.75) is 6.54 Å². The van der Waals surface area contributed by atoms with Crippen molar-refractivity contribution in [1.82, 2.24) is 14.0 Å². The lowest BCUT2D eigenvalue weighted by Crippen LogP contribution is -2.21. The lowest BCUT2D eigenvalue weighted by atomic mass is 10.4. The Hall–Kier alpha value is -2.08. The molecule has 0 bridgehead atoms. The minimum atomic E-state index is -0.119. The first-order valence-electron chi connectivity index (χ1n) is 5.71. The summed E-state index contributed by atoms with van der Waals surface area (Å²) in [7, 11) is 0. The molecule has 3 rings (SSSR count). The van der Waals surface area contributed by atoms with E-state index in [0.29, 0.717) is 16.7 Å². The highest BCUT2D eigenvalue weighted by molar-refractivity contribution is 9.10. The van der Waals surface area contributed by atoms with Crippen LogP contribution in [0.5, 0.6) is 0 Å². The van der Waals surface area contributed by atoms with Crippen LogP contribution in [0.2, 0.25) is 0 Å². The number of nitrogens with zero attached hydrogens (tertiary/aromatic N) is 3. The Bertz CT molecular complexity index is 773. The van der Waals surface area contributed by atoms with E-state index in [4.69, 9.17) is 5.73 Å². The normalized spacial score (nSPS) is 11.0. The first-order valence-corrected chi connectivity index (χ1v) is 6.51. The van der Waals surface area contributed by atoms with Crippen LogP contribution in [0, 0.1) is 0 Å². The molecule has 0 aromatic carbocycles. The van der Waals surface area contributed by atoms with E-state index in [1.807, 2.05) is 35.0 Å². The molecule has 3 aromatic rings. The van der Waals surface area contributed by atoms with E-state index < -0.39 is 0 Å². The predicted octanol–water partition coefficient (Wildman–Crippen LogP) is 1.89. The second-order valence-corrected chi connectivity index (χ2v) is 5.11. The first kappa shape index (κ1) is 12.0. The van der Waals surface area contributed by atoms with Gasteiger partial charge in [0.1, 0.15) is 5.65 Å². The van der Waals surface area contributed by atoms with Crippen LogP contribution in [0.1, 0.15) is 5.69 Å². The molecule has 0 radical (unpaired) electrons. The second-order valence-electron chi connectivity index (χ2n) is 4.25. The van der Waals surface area contributed by atoms with E-state index in [0.717, 1.165) is 11.3 Å². The van der Waals surface area contributed by atoms with Crippen LogP contribution in [0.3, 0.4) is 0 Å². The molecular formula is C13H11BrN4O. The van der Waals surface area contributed by atoms with Crippen LogP contribution in [-0.4, -0.2) is 14.0 Å². The molecule has 0 aliphatic rings. The maximum atomic E-state index is 12.0. The third-order valence-corrected chi connectivity index (χ3v) is 3.38. The number of nitrogen functional groups attached to an aromatic ring is 1. The van der Waals surface area contributed by atoms with Gasteiger partial charge in [0, 0.05) is 24.3 Å². The lowest BCUT2D eigenvalue weighted by Gasteiger charge is -2.05. The summed E-state index contributed by atoms with van der Waals surface area (Å²) >= 11 is 3.21. The van der Waals surface area contributed by atoms with Gasteiger partial charge in [-0.25, -0.2) is 4.98 Å². The van der Waals surface area contributed by atoms with E-state index >= 15 is 0 Å². The fourth-order valence-corrected chi connectivity index (χ4v) is 2.47. The molecule has 0 saturated heterocycles. The number of hydrogen-bond donors (Lipinski definition) is 1. The number of fused-ring (bicyclic) bond motifs is 1. The highest BCUT2D eigenvalue weighted by Gasteiger charge is 2.06. The summed E-state index contributed by atoms with van der Waals surface area (Å²) in [4.78, 5) is 16.4. The van der Waals surface area contributed by atoms with Gasteiger partial charge < -0.3 is 14.7 Å². The fraction of sp³-hybridized carbons (Fsp3) is 0.0769. The molecule has 3 aromatic heterocycles. The number of anilines is 1. The van der Waals surface area contributed by atoms with Crippen molar-refractivity contribution in [3.05, 3.63) is 63.4 Å². The molecule has 0 amide bonds. The third kappa shape index (κ3) is 2.26. The summed E-state index contributed by atoms with van der Waals surface area (Å²) in [5, 5.41) is 0. The number of aromatic nitrogens is 3. The Labute approximate surface area is 117 Å². The molecule has 2 N–H and O–H groups in total. The van der Waals surface area contributed by atoms with Gasteiger partial charge in [-0.1, -0.05) is 6.07 Å². The Morgan fingerprint density at radius 1 is 1.32 bits per heavy atom. The SMILES string of the molecule is Nc1cc(Br)c(=O)n(Cc2cn3ccccc3n2)c1. The molecule has 3 heterocycles. The zero-order valence-electron chi connectivity index (χ0n) is 9.95. The minimum absolute atomic E-state index is 0.119. The maximum Gasteiger partial charge on any atom is 0.265 e. The Morgan fingerprint density at radius 2 is 2.16 bits per heavy atom. The lowest BCUT2D eigenvalue weighted by molar-refractivity contribution is 0.742. The number of nitrogens with two attached hydrogens (primary N) is 1. The molecule has 0 aliphatic carbocycles. The molecule has 0 spiro atoms. The highest BCUT2D eigenvalue weighted by Crippen LogP contribution is 2.10. The summed E-state index contributed by atoms with van der Waals surface area (Å²) in [6, 6.07) is 7.38. The smallest absolute Gasteiger partial charge is 0.265 e. The topological polar surface area (TPSA) is 65.3 Å². The maximum absolute atomic E-state index is 12.0. The van der Waals surface area contributed by atoms with Crippen molar-refractivity contribution >= 4 is 27.3 Å². The van der Waals surface area contributed by atoms with Gasteiger partial charge in [0.05, 0.1) is 16.7 Å². The van der Waals surface area contributed by atoms with E-state index in [1.165, 1.54) is 0 Å². The van der Waals surface area contributed by atoms with Crippen LogP contribution in [0.15, 0.2) is 52.1 Å². The molecule has 5 nitrogen and oxygen atoms in total. The zero-order chi connectivity index (χ0) is 13.4. The third-order valence-electron chi connectivity index (χ3n) is 2.81. The van der Waals surface area contributed by atoms with Crippen LogP contribution < -0.4 is 11.3 Å². The molecular weight excluding hydrogens is 308 g/mol. The van der Waals surface area contributed by atoms with E-state index in [-0.39, 0.29) is 5.56 Å². The quantitative estimate of drug-likeness (QED) is 0.784. The number of rotatable bonds is 2. The van der Waals surface area contributed by atoms with Crippen LogP contribution in [-0.2, 0) is 6.54 Å². The molecule has 6 heteroatoms. The van der Waals surface area contributed by atoms with Gasteiger partial charge in [0.25, 0.3) is 5.56 Å². The predicted molar refractivity (Wildman–Crippen MR) is 77.1 cm³/mol. The van der Waals surface area contributed by atoms with Crippen molar-refractivity contribution < 1.29 is 0 Å². The Kier molecular flexibility index (Phi) is 2.87. The van der Waals surface area contributed by atoms with E-state index in [2.05, 4.69) is 20.9 Å². The largest absolute Gasteiger partial charge is 0.398 e. The van der Waals surface area contributed by atoms with Crippen molar-refractivity contribution in [3.63, 3.8) is 0 Å². The molecule has 19 heavy (non-hydrogen) atoms. The minimum Gasteiger partial charge on any atom is -0.398 e. The molecule has 0 atom stereocenters. The number of hydrogen-bond acceptors (Lipinski definition) is 3. The zero-order valence-corrected chi connectivity index (χ0v) is 11.5. The van der Waals surface area contributed by atoms with Crippen molar-refractivity contribution in [3.8, 4) is 0 Å². The summed E-state index contributed by atoms with van der Waals surface area (Å²) in [6.07, 6.45) is 5.44. The molecule has 96 valence electrons. The van der Waals surface area contributed by atoms with Crippen LogP contribution >= 0.6 is 15.9 Å². The molecule has 0 saturated carbocycles. The van der Waals surface area contributed by atoms with Gasteiger partial charge in [-0.2, -0.15) is 0 Å². The average Bonchev–Trinajstić information content (AvgIpc) is 2.77. The number of pyridine rings is 2. The molecule has 0 fully saturated rings. The monoisotopic (exact) mass is 318 g/mol. The van der Waals surface area contributed by atoms with Gasteiger partial charge in [-0.3, -0.25) is 4.79 Å².